The summed E-state index contributed by atoms with van der Waals surface area (Å²) in [7, 11) is 0. The maximum absolute atomic E-state index is 13.1. The minimum absolute atomic E-state index is 0.0462. The highest BCUT2D eigenvalue weighted by Crippen LogP contribution is 2.28. The Balaban J connectivity index is 1.78. The van der Waals surface area contributed by atoms with Gasteiger partial charge in [-0.1, -0.05) is 36.4 Å². The first kappa shape index (κ1) is 26.8. The summed E-state index contributed by atoms with van der Waals surface area (Å²) in [6.07, 6.45) is -6.19. The van der Waals surface area contributed by atoms with Crippen molar-refractivity contribution in [2.75, 3.05) is 25.0 Å². The van der Waals surface area contributed by atoms with Crippen molar-refractivity contribution in [1.82, 2.24) is 14.8 Å². The molecule has 36 heavy (non-hydrogen) atoms. The summed E-state index contributed by atoms with van der Waals surface area (Å²) in [4.78, 5) is 44.4. The van der Waals surface area contributed by atoms with Crippen LogP contribution in [0.25, 0.3) is 0 Å². The molecule has 1 aliphatic rings. The van der Waals surface area contributed by atoms with E-state index in [2.05, 4.69) is 10.3 Å². The van der Waals surface area contributed by atoms with Crippen molar-refractivity contribution in [2.24, 2.45) is 0 Å². The van der Waals surface area contributed by atoms with Crippen molar-refractivity contribution in [3.05, 3.63) is 59.8 Å². The molecule has 9 nitrogen and oxygen atoms in total. The molecule has 194 valence electrons. The SMILES string of the molecule is CC(C)(C)OC(=O)N1CCN(C(=O)OCc2ccccc2)C(C(=O)Nc2cccc(C(F)(F)F)n2)C1. The predicted octanol–water partition coefficient (Wildman–Crippen LogP) is 4.30. The molecule has 0 saturated carbocycles. The average molecular weight is 508 g/mol. The van der Waals surface area contributed by atoms with Gasteiger partial charge in [-0.2, -0.15) is 13.2 Å². The van der Waals surface area contributed by atoms with E-state index in [4.69, 9.17) is 9.47 Å². The highest BCUT2D eigenvalue weighted by atomic mass is 19.4. The smallest absolute Gasteiger partial charge is 0.433 e. The molecule has 0 aliphatic carbocycles. The first-order chi connectivity index (χ1) is 16.8. The number of hydrogen-bond donors (Lipinski definition) is 1. The quantitative estimate of drug-likeness (QED) is 0.661. The van der Waals surface area contributed by atoms with Crippen LogP contribution in [0.3, 0.4) is 0 Å². The van der Waals surface area contributed by atoms with E-state index < -0.39 is 41.6 Å². The Morgan fingerprint density at radius 3 is 2.33 bits per heavy atom. The number of aromatic nitrogens is 1. The Bertz CT molecular complexity index is 1090. The molecule has 3 rings (SSSR count). The summed E-state index contributed by atoms with van der Waals surface area (Å²) in [5, 5.41) is 2.31. The van der Waals surface area contributed by atoms with Gasteiger partial charge >= 0.3 is 18.4 Å². The van der Waals surface area contributed by atoms with Crippen molar-refractivity contribution in [2.45, 2.75) is 45.2 Å². The van der Waals surface area contributed by atoms with Crippen LogP contribution in [-0.4, -0.2) is 64.2 Å². The zero-order chi connectivity index (χ0) is 26.5. The third-order valence-electron chi connectivity index (χ3n) is 5.07. The standard InChI is InChI=1S/C24H27F3N4O5/c1-23(2,3)36-21(33)30-12-13-31(22(34)35-15-16-8-5-4-6-9-16)17(14-30)20(32)29-19-11-7-10-18(28-19)24(25,26)27/h4-11,17H,12-15H2,1-3H3,(H,28,29,32). The van der Waals surface area contributed by atoms with E-state index in [0.717, 1.165) is 22.6 Å². The van der Waals surface area contributed by atoms with Gasteiger partial charge in [-0.05, 0) is 38.5 Å². The second kappa shape index (κ2) is 10.8. The highest BCUT2D eigenvalue weighted by molar-refractivity contribution is 5.96. The number of amides is 3. The Morgan fingerprint density at radius 2 is 1.69 bits per heavy atom. The van der Waals surface area contributed by atoms with Crippen molar-refractivity contribution in [3.63, 3.8) is 0 Å². The molecule has 2 aromatic rings. The van der Waals surface area contributed by atoms with Crippen molar-refractivity contribution < 1.29 is 37.0 Å². The number of pyridine rings is 1. The van der Waals surface area contributed by atoms with E-state index in [0.29, 0.717) is 0 Å². The van der Waals surface area contributed by atoms with Crippen molar-refractivity contribution in [3.8, 4) is 0 Å². The second-order valence-electron chi connectivity index (χ2n) is 9.07. The second-order valence-corrected chi connectivity index (χ2v) is 9.07. The van der Waals surface area contributed by atoms with E-state index in [1.54, 1.807) is 45.0 Å². The van der Waals surface area contributed by atoms with Crippen LogP contribution in [0.5, 0.6) is 0 Å². The number of benzene rings is 1. The number of alkyl halides is 3. The lowest BCUT2D eigenvalue weighted by Crippen LogP contribution is -2.61. The monoisotopic (exact) mass is 508 g/mol. The maximum atomic E-state index is 13.1. The number of rotatable bonds is 4. The lowest BCUT2D eigenvalue weighted by molar-refractivity contribution is -0.141. The third kappa shape index (κ3) is 7.33. The summed E-state index contributed by atoms with van der Waals surface area (Å²) < 4.78 is 49.8. The summed E-state index contributed by atoms with van der Waals surface area (Å²) in [6, 6.07) is 10.7. The summed E-state index contributed by atoms with van der Waals surface area (Å²) in [6.45, 7) is 4.78. The number of nitrogens with zero attached hydrogens (tertiary/aromatic N) is 3. The van der Waals surface area contributed by atoms with E-state index in [9.17, 15) is 27.6 Å². The molecular weight excluding hydrogens is 481 g/mol. The molecular formula is C24H27F3N4O5. The molecule has 2 heterocycles. The molecule has 1 saturated heterocycles. The Hall–Kier alpha value is -3.83. The van der Waals surface area contributed by atoms with E-state index in [1.807, 2.05) is 6.07 Å². The van der Waals surface area contributed by atoms with Gasteiger partial charge in [-0.3, -0.25) is 9.69 Å². The molecule has 0 radical (unpaired) electrons. The summed E-state index contributed by atoms with van der Waals surface area (Å²) in [5.74, 6) is -1.17. The molecule has 1 aliphatic heterocycles. The molecule has 1 aromatic heterocycles. The Kier molecular flexibility index (Phi) is 8.06. The van der Waals surface area contributed by atoms with Crippen LogP contribution in [0.1, 0.15) is 32.0 Å². The molecule has 1 N–H and O–H groups in total. The van der Waals surface area contributed by atoms with E-state index in [-0.39, 0.29) is 32.1 Å². The van der Waals surface area contributed by atoms with E-state index in [1.165, 1.54) is 11.0 Å². The number of carbonyl (C=O) groups excluding carboxylic acids is 3. The van der Waals surface area contributed by atoms with Crippen LogP contribution in [0.15, 0.2) is 48.5 Å². The molecule has 3 amide bonds. The van der Waals surface area contributed by atoms with Gasteiger partial charge in [-0.25, -0.2) is 14.6 Å². The van der Waals surface area contributed by atoms with E-state index >= 15 is 0 Å². The minimum atomic E-state index is -4.70. The topological polar surface area (TPSA) is 101 Å². The molecule has 0 spiro atoms. The number of anilines is 1. The maximum Gasteiger partial charge on any atom is 0.433 e. The summed E-state index contributed by atoms with van der Waals surface area (Å²) in [5.41, 5.74) is -1.24. The fraction of sp³-hybridized carbons (Fsp3) is 0.417. The summed E-state index contributed by atoms with van der Waals surface area (Å²) >= 11 is 0. The van der Waals surface area contributed by atoms with Gasteiger partial charge in [0, 0.05) is 13.1 Å². The molecule has 1 atom stereocenters. The van der Waals surface area contributed by atoms with Crippen LogP contribution >= 0.6 is 0 Å². The largest absolute Gasteiger partial charge is 0.445 e. The molecule has 1 unspecified atom stereocenters. The molecule has 1 fully saturated rings. The number of halogens is 3. The Labute approximate surface area is 206 Å². The van der Waals surface area contributed by atoms with Crippen LogP contribution in [0.2, 0.25) is 0 Å². The molecule has 12 heteroatoms. The first-order valence-corrected chi connectivity index (χ1v) is 11.1. The predicted molar refractivity (Wildman–Crippen MR) is 123 cm³/mol. The van der Waals surface area contributed by atoms with Gasteiger partial charge in [0.2, 0.25) is 5.91 Å². The van der Waals surface area contributed by atoms with Gasteiger partial charge in [-0.15, -0.1) is 0 Å². The van der Waals surface area contributed by atoms with Gasteiger partial charge in [0.15, 0.2) is 0 Å². The lowest BCUT2D eigenvalue weighted by Gasteiger charge is -2.40. The number of ether oxygens (including phenoxy) is 2. The van der Waals surface area contributed by atoms with Crippen molar-refractivity contribution >= 4 is 23.9 Å². The third-order valence-corrected chi connectivity index (χ3v) is 5.07. The lowest BCUT2D eigenvalue weighted by atomic mass is 10.1. The molecule has 0 bridgehead atoms. The van der Waals surface area contributed by atoms with Crippen LogP contribution in [0.4, 0.5) is 28.6 Å². The van der Waals surface area contributed by atoms with Crippen LogP contribution in [-0.2, 0) is 27.1 Å². The fourth-order valence-electron chi connectivity index (χ4n) is 3.39. The zero-order valence-electron chi connectivity index (χ0n) is 20.0. The van der Waals surface area contributed by atoms with Crippen LogP contribution in [0, 0.1) is 0 Å². The first-order valence-electron chi connectivity index (χ1n) is 11.1. The minimum Gasteiger partial charge on any atom is -0.445 e. The normalized spacial score (nSPS) is 16.3. The Morgan fingerprint density at radius 1 is 1.00 bits per heavy atom. The average Bonchev–Trinajstić information content (AvgIpc) is 2.81. The van der Waals surface area contributed by atoms with Crippen LogP contribution < -0.4 is 5.32 Å². The fourth-order valence-corrected chi connectivity index (χ4v) is 3.39. The number of piperazine rings is 1. The molecule has 1 aromatic carbocycles. The van der Waals surface area contributed by atoms with Gasteiger partial charge in [0.25, 0.3) is 0 Å². The number of nitrogens with one attached hydrogen (secondary N) is 1. The van der Waals surface area contributed by atoms with Crippen molar-refractivity contribution in [1.29, 1.82) is 0 Å². The van der Waals surface area contributed by atoms with Gasteiger partial charge < -0.3 is 19.7 Å². The zero-order valence-corrected chi connectivity index (χ0v) is 20.0. The van der Waals surface area contributed by atoms with Gasteiger partial charge in [0.05, 0.1) is 6.54 Å². The highest BCUT2D eigenvalue weighted by Gasteiger charge is 2.39. The number of carbonyl (C=O) groups is 3. The number of hydrogen-bond acceptors (Lipinski definition) is 6. The van der Waals surface area contributed by atoms with Gasteiger partial charge in [0.1, 0.15) is 29.8 Å².